The highest BCUT2D eigenvalue weighted by molar-refractivity contribution is 9.10. The number of alkyl halides is 1. The SMILES string of the molecule is CCn1nc(C)c(Cl)c1CNCC(Br)C(=O)OC. The summed E-state index contributed by atoms with van der Waals surface area (Å²) in [6, 6.07) is 0. The molecule has 0 saturated carbocycles. The lowest BCUT2D eigenvalue weighted by Gasteiger charge is -2.10. The summed E-state index contributed by atoms with van der Waals surface area (Å²) in [5, 5.41) is 8.15. The molecule has 1 aromatic rings. The number of carbonyl (C=O) groups is 1. The molecule has 0 bridgehead atoms. The van der Waals surface area contributed by atoms with E-state index in [0.717, 1.165) is 17.9 Å². The lowest BCUT2D eigenvalue weighted by molar-refractivity contribution is -0.139. The minimum atomic E-state index is -0.361. The molecule has 1 unspecified atom stereocenters. The van der Waals surface area contributed by atoms with Gasteiger partial charge in [-0.15, -0.1) is 0 Å². The summed E-state index contributed by atoms with van der Waals surface area (Å²) in [6.07, 6.45) is 0. The summed E-state index contributed by atoms with van der Waals surface area (Å²) in [6.45, 7) is 5.68. The lowest BCUT2D eigenvalue weighted by Crippen LogP contribution is -2.30. The van der Waals surface area contributed by atoms with E-state index in [1.165, 1.54) is 7.11 Å². The van der Waals surface area contributed by atoms with Crippen molar-refractivity contribution in [3.8, 4) is 0 Å². The van der Waals surface area contributed by atoms with Crippen LogP contribution in [-0.4, -0.2) is 34.2 Å². The number of nitrogens with one attached hydrogen (secondary N) is 1. The summed E-state index contributed by atoms with van der Waals surface area (Å²) in [7, 11) is 1.36. The number of halogens is 2. The van der Waals surface area contributed by atoms with Crippen molar-refractivity contribution in [1.82, 2.24) is 15.1 Å². The van der Waals surface area contributed by atoms with E-state index in [-0.39, 0.29) is 10.8 Å². The third-order valence-corrected chi connectivity index (χ3v) is 3.71. The van der Waals surface area contributed by atoms with Crippen molar-refractivity contribution in [3.63, 3.8) is 0 Å². The Morgan fingerprint density at radius 1 is 1.67 bits per heavy atom. The summed E-state index contributed by atoms with van der Waals surface area (Å²) in [4.78, 5) is 10.8. The van der Waals surface area contributed by atoms with Gasteiger partial charge in [-0.25, -0.2) is 0 Å². The van der Waals surface area contributed by atoms with E-state index in [1.54, 1.807) is 0 Å². The Morgan fingerprint density at radius 2 is 2.33 bits per heavy atom. The Hall–Kier alpha value is -0.590. The molecule has 7 heteroatoms. The van der Waals surface area contributed by atoms with Gasteiger partial charge in [0.2, 0.25) is 0 Å². The third-order valence-electron chi connectivity index (χ3n) is 2.53. The number of hydrogen-bond donors (Lipinski definition) is 1. The van der Waals surface area contributed by atoms with E-state index in [9.17, 15) is 4.79 Å². The summed E-state index contributed by atoms with van der Waals surface area (Å²) >= 11 is 9.42. The molecule has 0 aliphatic rings. The number of nitrogens with zero attached hydrogens (tertiary/aromatic N) is 2. The zero-order valence-electron chi connectivity index (χ0n) is 10.7. The molecule has 1 atom stereocenters. The zero-order valence-corrected chi connectivity index (χ0v) is 13.0. The lowest BCUT2D eigenvalue weighted by atomic mass is 10.3. The van der Waals surface area contributed by atoms with E-state index in [2.05, 4.69) is 31.1 Å². The minimum Gasteiger partial charge on any atom is -0.468 e. The highest BCUT2D eigenvalue weighted by Crippen LogP contribution is 2.19. The molecular formula is C11H17BrClN3O2. The number of aryl methyl sites for hydroxylation is 2. The molecule has 0 radical (unpaired) electrons. The second kappa shape index (κ2) is 7.11. The number of rotatable bonds is 6. The first-order valence-electron chi connectivity index (χ1n) is 5.65. The minimum absolute atomic E-state index is 0.297. The summed E-state index contributed by atoms with van der Waals surface area (Å²) in [5.41, 5.74) is 1.75. The number of hydrogen-bond acceptors (Lipinski definition) is 4. The molecule has 0 aliphatic heterocycles. The molecule has 0 aromatic carbocycles. The first-order valence-corrected chi connectivity index (χ1v) is 6.95. The number of ether oxygens (including phenoxy) is 1. The van der Waals surface area contributed by atoms with Gasteiger partial charge in [0.1, 0.15) is 4.83 Å². The maximum atomic E-state index is 11.2. The van der Waals surface area contributed by atoms with Crippen LogP contribution in [0.4, 0.5) is 0 Å². The fourth-order valence-electron chi connectivity index (χ4n) is 1.57. The molecule has 0 amide bonds. The average Bonchev–Trinajstić information content (AvgIpc) is 2.65. The van der Waals surface area contributed by atoms with Crippen molar-refractivity contribution in [2.45, 2.75) is 31.8 Å². The predicted molar refractivity (Wildman–Crippen MR) is 74.1 cm³/mol. The van der Waals surface area contributed by atoms with E-state index in [1.807, 2.05) is 18.5 Å². The van der Waals surface area contributed by atoms with Crippen LogP contribution < -0.4 is 5.32 Å². The highest BCUT2D eigenvalue weighted by atomic mass is 79.9. The van der Waals surface area contributed by atoms with Gasteiger partial charge >= 0.3 is 5.97 Å². The van der Waals surface area contributed by atoms with Crippen molar-refractivity contribution in [2.24, 2.45) is 0 Å². The molecule has 1 rings (SSSR count). The normalized spacial score (nSPS) is 12.5. The predicted octanol–water partition coefficient (Wildman–Crippen LogP) is 1.89. The number of esters is 1. The van der Waals surface area contributed by atoms with Crippen molar-refractivity contribution in [2.75, 3.05) is 13.7 Å². The van der Waals surface area contributed by atoms with Crippen LogP contribution in [0.3, 0.4) is 0 Å². The Morgan fingerprint density at radius 3 is 2.89 bits per heavy atom. The quantitative estimate of drug-likeness (QED) is 0.636. The Labute approximate surface area is 120 Å². The number of methoxy groups -OCH3 is 1. The maximum Gasteiger partial charge on any atom is 0.320 e. The Bertz CT molecular complexity index is 423. The largest absolute Gasteiger partial charge is 0.468 e. The first kappa shape index (κ1) is 15.5. The van der Waals surface area contributed by atoms with Crippen LogP contribution >= 0.6 is 27.5 Å². The summed E-state index contributed by atoms with van der Waals surface area (Å²) in [5.74, 6) is -0.297. The second-order valence-electron chi connectivity index (χ2n) is 3.78. The zero-order chi connectivity index (χ0) is 13.7. The maximum absolute atomic E-state index is 11.2. The monoisotopic (exact) mass is 337 g/mol. The summed E-state index contributed by atoms with van der Waals surface area (Å²) < 4.78 is 6.47. The van der Waals surface area contributed by atoms with Gasteiger partial charge in [-0.3, -0.25) is 9.48 Å². The second-order valence-corrected chi connectivity index (χ2v) is 5.27. The van der Waals surface area contributed by atoms with Gasteiger partial charge in [0.25, 0.3) is 0 Å². The standard InChI is InChI=1S/C11H17BrClN3O2/c1-4-16-9(10(13)7(2)15-16)6-14-5-8(12)11(17)18-3/h8,14H,4-6H2,1-3H3. The van der Waals surface area contributed by atoms with Crippen LogP contribution in [0.5, 0.6) is 0 Å². The van der Waals surface area contributed by atoms with Crippen LogP contribution in [0, 0.1) is 6.92 Å². The Kier molecular flexibility index (Phi) is 6.11. The van der Waals surface area contributed by atoms with Gasteiger partial charge in [-0.2, -0.15) is 5.10 Å². The van der Waals surface area contributed by atoms with E-state index >= 15 is 0 Å². The van der Waals surface area contributed by atoms with E-state index in [0.29, 0.717) is 18.1 Å². The molecular weight excluding hydrogens is 321 g/mol. The van der Waals surface area contributed by atoms with Gasteiger partial charge in [0, 0.05) is 19.6 Å². The first-order chi connectivity index (χ1) is 8.51. The van der Waals surface area contributed by atoms with Crippen LogP contribution in [0.1, 0.15) is 18.3 Å². The molecule has 1 heterocycles. The fourth-order valence-corrected chi connectivity index (χ4v) is 2.18. The molecule has 0 aliphatic carbocycles. The van der Waals surface area contributed by atoms with Crippen molar-refractivity contribution >= 4 is 33.5 Å². The molecule has 0 spiro atoms. The molecule has 1 N–H and O–H groups in total. The molecule has 102 valence electrons. The average molecular weight is 339 g/mol. The molecule has 0 fully saturated rings. The van der Waals surface area contributed by atoms with Crippen LogP contribution in [-0.2, 0) is 22.6 Å². The highest BCUT2D eigenvalue weighted by Gasteiger charge is 2.16. The molecule has 0 saturated heterocycles. The van der Waals surface area contributed by atoms with Gasteiger partial charge in [-0.05, 0) is 13.8 Å². The molecule has 1 aromatic heterocycles. The number of carbonyl (C=O) groups excluding carboxylic acids is 1. The Balaban J connectivity index is 2.56. The van der Waals surface area contributed by atoms with Crippen LogP contribution in [0.25, 0.3) is 0 Å². The van der Waals surface area contributed by atoms with Gasteiger partial charge in [-0.1, -0.05) is 27.5 Å². The number of aromatic nitrogens is 2. The molecule has 5 nitrogen and oxygen atoms in total. The smallest absolute Gasteiger partial charge is 0.320 e. The topological polar surface area (TPSA) is 56.2 Å². The fraction of sp³-hybridized carbons (Fsp3) is 0.636. The third kappa shape index (κ3) is 3.70. The van der Waals surface area contributed by atoms with Gasteiger partial charge < -0.3 is 10.1 Å². The van der Waals surface area contributed by atoms with Crippen LogP contribution in [0.2, 0.25) is 5.02 Å². The van der Waals surface area contributed by atoms with Gasteiger partial charge in [0.05, 0.1) is 23.5 Å². The van der Waals surface area contributed by atoms with Crippen molar-refractivity contribution in [3.05, 3.63) is 16.4 Å². The molecule has 18 heavy (non-hydrogen) atoms. The van der Waals surface area contributed by atoms with E-state index < -0.39 is 0 Å². The van der Waals surface area contributed by atoms with E-state index in [4.69, 9.17) is 11.6 Å². The van der Waals surface area contributed by atoms with Crippen molar-refractivity contribution in [1.29, 1.82) is 0 Å². The van der Waals surface area contributed by atoms with Crippen molar-refractivity contribution < 1.29 is 9.53 Å². The van der Waals surface area contributed by atoms with Gasteiger partial charge in [0.15, 0.2) is 0 Å². The van der Waals surface area contributed by atoms with Crippen LogP contribution in [0.15, 0.2) is 0 Å².